The standard InChI is InChI=1S/C14H14ClNO/c15-11-6-4-10(5-7-11)14(17)16-12-2-1-3-13(16)9-8-12/h1-2,4-7,12-13H,3,8-9H2. The van der Waals surface area contributed by atoms with Gasteiger partial charge in [0.25, 0.3) is 5.91 Å². The molecule has 2 aliphatic heterocycles. The molecule has 1 fully saturated rings. The van der Waals surface area contributed by atoms with E-state index in [9.17, 15) is 4.79 Å². The molecular formula is C14H14ClNO. The summed E-state index contributed by atoms with van der Waals surface area (Å²) in [5.41, 5.74) is 0.738. The summed E-state index contributed by atoms with van der Waals surface area (Å²) >= 11 is 5.84. The number of hydrogen-bond acceptors (Lipinski definition) is 1. The molecule has 0 saturated carbocycles. The largest absolute Gasteiger partial charge is 0.329 e. The minimum Gasteiger partial charge on any atom is -0.329 e. The Balaban J connectivity index is 1.87. The first-order valence-corrected chi connectivity index (χ1v) is 6.38. The quantitative estimate of drug-likeness (QED) is 0.698. The summed E-state index contributed by atoms with van der Waals surface area (Å²) < 4.78 is 0. The van der Waals surface area contributed by atoms with E-state index in [0.29, 0.717) is 17.1 Å². The molecule has 2 bridgehead atoms. The minimum absolute atomic E-state index is 0.138. The molecule has 0 spiro atoms. The van der Waals surface area contributed by atoms with Crippen molar-refractivity contribution in [1.29, 1.82) is 0 Å². The molecule has 2 nitrogen and oxygen atoms in total. The highest BCUT2D eigenvalue weighted by molar-refractivity contribution is 6.30. The molecule has 17 heavy (non-hydrogen) atoms. The van der Waals surface area contributed by atoms with Crippen LogP contribution in [-0.4, -0.2) is 22.9 Å². The van der Waals surface area contributed by atoms with Gasteiger partial charge in [0.05, 0.1) is 6.04 Å². The van der Waals surface area contributed by atoms with Crippen LogP contribution in [0.25, 0.3) is 0 Å². The van der Waals surface area contributed by atoms with Crippen LogP contribution in [0.1, 0.15) is 29.6 Å². The Morgan fingerprint density at radius 2 is 2.00 bits per heavy atom. The number of halogens is 1. The third kappa shape index (κ3) is 1.87. The molecule has 0 aromatic heterocycles. The Morgan fingerprint density at radius 3 is 2.71 bits per heavy atom. The maximum absolute atomic E-state index is 12.4. The van der Waals surface area contributed by atoms with Gasteiger partial charge in [-0.3, -0.25) is 4.79 Å². The molecule has 3 rings (SSSR count). The van der Waals surface area contributed by atoms with Crippen LogP contribution in [0.3, 0.4) is 0 Å². The van der Waals surface area contributed by atoms with Crippen molar-refractivity contribution in [3.05, 3.63) is 47.0 Å². The van der Waals surface area contributed by atoms with Gasteiger partial charge in [0, 0.05) is 16.6 Å². The van der Waals surface area contributed by atoms with Crippen LogP contribution >= 0.6 is 11.6 Å². The summed E-state index contributed by atoms with van der Waals surface area (Å²) in [5, 5.41) is 0.670. The number of carbonyl (C=O) groups excluding carboxylic acids is 1. The second kappa shape index (κ2) is 4.19. The fraction of sp³-hybridized carbons (Fsp3) is 0.357. The van der Waals surface area contributed by atoms with E-state index < -0.39 is 0 Å². The van der Waals surface area contributed by atoms with Gasteiger partial charge in [-0.1, -0.05) is 23.8 Å². The lowest BCUT2D eigenvalue weighted by Gasteiger charge is -2.31. The van der Waals surface area contributed by atoms with Crippen molar-refractivity contribution in [1.82, 2.24) is 4.90 Å². The first kappa shape index (κ1) is 10.8. The van der Waals surface area contributed by atoms with Gasteiger partial charge in [0.1, 0.15) is 0 Å². The highest BCUT2D eigenvalue weighted by atomic mass is 35.5. The Bertz CT molecular complexity index is 466. The van der Waals surface area contributed by atoms with Gasteiger partial charge in [-0.05, 0) is 43.5 Å². The van der Waals surface area contributed by atoms with Crippen LogP contribution < -0.4 is 0 Å². The lowest BCUT2D eigenvalue weighted by atomic mass is 10.1. The molecule has 2 heterocycles. The van der Waals surface area contributed by atoms with Crippen LogP contribution in [0.4, 0.5) is 0 Å². The molecule has 0 radical (unpaired) electrons. The first-order chi connectivity index (χ1) is 8.25. The van der Waals surface area contributed by atoms with Crippen molar-refractivity contribution in [2.24, 2.45) is 0 Å². The van der Waals surface area contributed by atoms with Crippen molar-refractivity contribution < 1.29 is 4.79 Å². The van der Waals surface area contributed by atoms with Crippen LogP contribution in [0.15, 0.2) is 36.4 Å². The average Bonchev–Trinajstić information content (AvgIpc) is 2.59. The van der Waals surface area contributed by atoms with Gasteiger partial charge < -0.3 is 4.90 Å². The molecule has 3 heteroatoms. The summed E-state index contributed by atoms with van der Waals surface area (Å²) in [6.45, 7) is 0. The highest BCUT2D eigenvalue weighted by Gasteiger charge is 2.37. The maximum Gasteiger partial charge on any atom is 0.254 e. The van der Waals surface area contributed by atoms with Crippen LogP contribution in [0, 0.1) is 0 Å². The zero-order valence-corrected chi connectivity index (χ0v) is 10.2. The Morgan fingerprint density at radius 1 is 1.24 bits per heavy atom. The van der Waals surface area contributed by atoms with Crippen LogP contribution in [-0.2, 0) is 0 Å². The predicted octanol–water partition coefficient (Wildman–Crippen LogP) is 3.27. The number of nitrogens with zero attached hydrogens (tertiary/aromatic N) is 1. The van der Waals surface area contributed by atoms with Crippen molar-refractivity contribution >= 4 is 17.5 Å². The number of fused-ring (bicyclic) bond motifs is 2. The zero-order valence-electron chi connectivity index (χ0n) is 9.47. The highest BCUT2D eigenvalue weighted by Crippen LogP contribution is 2.32. The smallest absolute Gasteiger partial charge is 0.254 e. The van der Waals surface area contributed by atoms with Crippen molar-refractivity contribution in [3.63, 3.8) is 0 Å². The van der Waals surface area contributed by atoms with Crippen molar-refractivity contribution in [3.8, 4) is 0 Å². The van der Waals surface area contributed by atoms with E-state index in [1.807, 2.05) is 17.0 Å². The molecule has 0 N–H and O–H groups in total. The number of rotatable bonds is 1. The maximum atomic E-state index is 12.4. The third-order valence-corrected chi connectivity index (χ3v) is 3.89. The van der Waals surface area contributed by atoms with Crippen molar-refractivity contribution in [2.45, 2.75) is 31.3 Å². The van der Waals surface area contributed by atoms with E-state index in [-0.39, 0.29) is 5.91 Å². The van der Waals surface area contributed by atoms with E-state index in [4.69, 9.17) is 11.6 Å². The molecule has 88 valence electrons. The Hall–Kier alpha value is -1.28. The van der Waals surface area contributed by atoms with E-state index in [0.717, 1.165) is 24.8 Å². The molecule has 0 aliphatic carbocycles. The van der Waals surface area contributed by atoms with Gasteiger partial charge >= 0.3 is 0 Å². The first-order valence-electron chi connectivity index (χ1n) is 6.00. The normalized spacial score (nSPS) is 26.3. The van der Waals surface area contributed by atoms with Crippen molar-refractivity contribution in [2.75, 3.05) is 0 Å². The fourth-order valence-corrected chi connectivity index (χ4v) is 2.91. The van der Waals surface area contributed by atoms with E-state index >= 15 is 0 Å². The Kier molecular flexibility index (Phi) is 2.67. The second-order valence-corrected chi connectivity index (χ2v) is 5.12. The van der Waals surface area contributed by atoms with Gasteiger partial charge in [-0.2, -0.15) is 0 Å². The SMILES string of the molecule is O=C(c1ccc(Cl)cc1)N1C2C=CCC1CC2. The average molecular weight is 248 g/mol. The van der Waals surface area contributed by atoms with E-state index in [1.165, 1.54) is 0 Å². The van der Waals surface area contributed by atoms with E-state index in [2.05, 4.69) is 12.2 Å². The summed E-state index contributed by atoms with van der Waals surface area (Å²) in [6, 6.07) is 7.86. The molecule has 1 saturated heterocycles. The molecule has 1 aromatic carbocycles. The Labute approximate surface area is 106 Å². The summed E-state index contributed by atoms with van der Waals surface area (Å²) in [5.74, 6) is 0.138. The van der Waals surface area contributed by atoms with Crippen LogP contribution in [0.5, 0.6) is 0 Å². The van der Waals surface area contributed by atoms with Gasteiger partial charge in [0.2, 0.25) is 0 Å². The second-order valence-electron chi connectivity index (χ2n) is 4.68. The molecule has 2 atom stereocenters. The molecule has 1 aromatic rings. The zero-order chi connectivity index (χ0) is 11.8. The lowest BCUT2D eigenvalue weighted by molar-refractivity contribution is 0.0689. The minimum atomic E-state index is 0.138. The van der Waals surface area contributed by atoms with Gasteiger partial charge in [-0.15, -0.1) is 0 Å². The molecule has 1 amide bonds. The van der Waals surface area contributed by atoms with Crippen LogP contribution in [0.2, 0.25) is 5.02 Å². The number of hydrogen-bond donors (Lipinski definition) is 0. The molecular weight excluding hydrogens is 234 g/mol. The molecule has 2 unspecified atom stereocenters. The summed E-state index contributed by atoms with van der Waals surface area (Å²) in [4.78, 5) is 14.5. The number of carbonyl (C=O) groups is 1. The monoisotopic (exact) mass is 247 g/mol. The third-order valence-electron chi connectivity index (χ3n) is 3.64. The number of amides is 1. The van der Waals surface area contributed by atoms with Gasteiger partial charge in [-0.25, -0.2) is 0 Å². The summed E-state index contributed by atoms with van der Waals surface area (Å²) in [6.07, 6.45) is 7.58. The van der Waals surface area contributed by atoms with Gasteiger partial charge in [0.15, 0.2) is 0 Å². The number of benzene rings is 1. The summed E-state index contributed by atoms with van der Waals surface area (Å²) in [7, 11) is 0. The molecule has 2 aliphatic rings. The topological polar surface area (TPSA) is 20.3 Å². The van der Waals surface area contributed by atoms with E-state index in [1.54, 1.807) is 12.1 Å². The predicted molar refractivity (Wildman–Crippen MR) is 68.2 cm³/mol. The lowest BCUT2D eigenvalue weighted by Crippen LogP contribution is -2.42. The fourth-order valence-electron chi connectivity index (χ4n) is 2.78.